The number of aromatic nitrogens is 2. The SMILES string of the molecule is CCn1c(CCC(=O)NCCc2cccc(F)c2)nc2cc(S(=O)(=O)N(C)C)ccc21. The predicted molar refractivity (Wildman–Crippen MR) is 118 cm³/mol. The molecule has 0 spiro atoms. The lowest BCUT2D eigenvalue weighted by atomic mass is 10.1. The Bertz CT molecular complexity index is 1190. The van der Waals surface area contributed by atoms with Crippen LogP contribution < -0.4 is 5.32 Å². The van der Waals surface area contributed by atoms with E-state index in [9.17, 15) is 17.6 Å². The minimum atomic E-state index is -3.54. The highest BCUT2D eigenvalue weighted by Gasteiger charge is 2.19. The van der Waals surface area contributed by atoms with Crippen LogP contribution in [0.3, 0.4) is 0 Å². The average Bonchev–Trinajstić information content (AvgIpc) is 3.08. The number of nitrogens with one attached hydrogen (secondary N) is 1. The van der Waals surface area contributed by atoms with E-state index in [-0.39, 0.29) is 23.0 Å². The zero-order chi connectivity index (χ0) is 22.6. The van der Waals surface area contributed by atoms with E-state index in [1.54, 1.807) is 24.3 Å². The minimum Gasteiger partial charge on any atom is -0.356 e. The summed E-state index contributed by atoms with van der Waals surface area (Å²) < 4.78 is 41.2. The van der Waals surface area contributed by atoms with E-state index >= 15 is 0 Å². The Labute approximate surface area is 181 Å². The summed E-state index contributed by atoms with van der Waals surface area (Å²) in [5.74, 6) is 0.336. The van der Waals surface area contributed by atoms with Crippen molar-refractivity contribution < 1.29 is 17.6 Å². The molecule has 0 unspecified atom stereocenters. The number of halogens is 1. The molecule has 1 aromatic heterocycles. The van der Waals surface area contributed by atoms with Crippen LogP contribution in [0.4, 0.5) is 4.39 Å². The van der Waals surface area contributed by atoms with Crippen molar-refractivity contribution >= 4 is 27.0 Å². The molecule has 0 aliphatic rings. The predicted octanol–water partition coefficient (Wildman–Crippen LogP) is 2.74. The maximum atomic E-state index is 13.2. The zero-order valence-electron chi connectivity index (χ0n) is 17.9. The highest BCUT2D eigenvalue weighted by molar-refractivity contribution is 7.89. The van der Waals surface area contributed by atoms with Crippen LogP contribution in [-0.2, 0) is 34.2 Å². The molecule has 0 atom stereocenters. The number of rotatable bonds is 9. The maximum Gasteiger partial charge on any atom is 0.242 e. The number of sulfonamides is 1. The fourth-order valence-electron chi connectivity index (χ4n) is 3.43. The van der Waals surface area contributed by atoms with E-state index in [0.717, 1.165) is 16.9 Å². The van der Waals surface area contributed by atoms with E-state index in [1.165, 1.54) is 30.5 Å². The number of fused-ring (bicyclic) bond motifs is 1. The Morgan fingerprint density at radius 3 is 2.61 bits per heavy atom. The Balaban J connectivity index is 1.66. The van der Waals surface area contributed by atoms with Gasteiger partial charge in [0, 0.05) is 40.0 Å². The van der Waals surface area contributed by atoms with Crippen molar-refractivity contribution in [3.8, 4) is 0 Å². The molecule has 2 aromatic carbocycles. The lowest BCUT2D eigenvalue weighted by Gasteiger charge is -2.11. The third-order valence-electron chi connectivity index (χ3n) is 5.09. The number of hydrogen-bond acceptors (Lipinski definition) is 4. The fraction of sp³-hybridized carbons (Fsp3) is 0.364. The van der Waals surface area contributed by atoms with Gasteiger partial charge in [-0.3, -0.25) is 4.79 Å². The van der Waals surface area contributed by atoms with Gasteiger partial charge in [0.15, 0.2) is 0 Å². The van der Waals surface area contributed by atoms with Crippen LogP contribution in [0, 0.1) is 5.82 Å². The van der Waals surface area contributed by atoms with E-state index in [4.69, 9.17) is 0 Å². The van der Waals surface area contributed by atoms with E-state index in [0.29, 0.717) is 31.4 Å². The summed E-state index contributed by atoms with van der Waals surface area (Å²) in [5, 5.41) is 2.85. The minimum absolute atomic E-state index is 0.109. The molecule has 3 aromatic rings. The van der Waals surface area contributed by atoms with Crippen molar-refractivity contribution in [3.63, 3.8) is 0 Å². The van der Waals surface area contributed by atoms with Gasteiger partial charge in [-0.25, -0.2) is 22.1 Å². The summed E-state index contributed by atoms with van der Waals surface area (Å²) in [7, 11) is -0.567. The second kappa shape index (κ2) is 9.57. The van der Waals surface area contributed by atoms with Crippen molar-refractivity contribution in [3.05, 3.63) is 59.7 Å². The van der Waals surface area contributed by atoms with E-state index < -0.39 is 10.0 Å². The van der Waals surface area contributed by atoms with Crippen LogP contribution in [0.2, 0.25) is 0 Å². The quantitative estimate of drug-likeness (QED) is 0.548. The van der Waals surface area contributed by atoms with E-state index in [1.807, 2.05) is 17.6 Å². The van der Waals surface area contributed by atoms with Crippen LogP contribution in [-0.4, -0.2) is 48.8 Å². The molecule has 0 aliphatic heterocycles. The van der Waals surface area contributed by atoms with Crippen LogP contribution in [0.1, 0.15) is 24.7 Å². The number of nitrogens with zero attached hydrogens (tertiary/aromatic N) is 3. The maximum absolute atomic E-state index is 13.2. The molecule has 3 rings (SSSR count). The number of hydrogen-bond donors (Lipinski definition) is 1. The highest BCUT2D eigenvalue weighted by atomic mass is 32.2. The summed E-state index contributed by atoms with van der Waals surface area (Å²) in [6.45, 7) is 3.07. The van der Waals surface area contributed by atoms with Gasteiger partial charge in [0.05, 0.1) is 15.9 Å². The Morgan fingerprint density at radius 2 is 1.94 bits per heavy atom. The first-order chi connectivity index (χ1) is 14.7. The number of benzene rings is 2. The smallest absolute Gasteiger partial charge is 0.242 e. The van der Waals surface area contributed by atoms with Gasteiger partial charge in [0.1, 0.15) is 11.6 Å². The molecule has 0 fully saturated rings. The largest absolute Gasteiger partial charge is 0.356 e. The Morgan fingerprint density at radius 1 is 1.16 bits per heavy atom. The van der Waals surface area contributed by atoms with Gasteiger partial charge in [0.25, 0.3) is 0 Å². The normalized spacial score (nSPS) is 11.9. The van der Waals surface area contributed by atoms with Crippen LogP contribution in [0.15, 0.2) is 47.4 Å². The molecular weight excluding hydrogens is 419 g/mol. The lowest BCUT2D eigenvalue weighted by Crippen LogP contribution is -2.26. The van der Waals surface area contributed by atoms with Gasteiger partial charge in [-0.05, 0) is 49.2 Å². The van der Waals surface area contributed by atoms with Crippen molar-refractivity contribution in [2.45, 2.75) is 37.6 Å². The first kappa shape index (κ1) is 22.9. The second-order valence-electron chi connectivity index (χ2n) is 7.44. The second-order valence-corrected chi connectivity index (χ2v) is 9.59. The molecular formula is C22H27FN4O3S. The lowest BCUT2D eigenvalue weighted by molar-refractivity contribution is -0.121. The summed E-state index contributed by atoms with van der Waals surface area (Å²) in [6, 6.07) is 11.2. The molecule has 1 N–H and O–H groups in total. The molecule has 0 radical (unpaired) electrons. The monoisotopic (exact) mass is 446 g/mol. The zero-order valence-corrected chi connectivity index (χ0v) is 18.7. The fourth-order valence-corrected chi connectivity index (χ4v) is 4.35. The summed E-state index contributed by atoms with van der Waals surface area (Å²) >= 11 is 0. The van der Waals surface area contributed by atoms with Crippen LogP contribution in [0.5, 0.6) is 0 Å². The van der Waals surface area contributed by atoms with Crippen LogP contribution in [0.25, 0.3) is 11.0 Å². The standard InChI is InChI=1S/C22H27FN4O3S/c1-4-27-20-9-8-18(31(29,30)26(2)3)15-19(20)25-21(27)10-11-22(28)24-13-12-16-6-5-7-17(23)14-16/h5-9,14-15H,4,10-13H2,1-3H3,(H,24,28). The number of amides is 1. The van der Waals surface area contributed by atoms with Crippen molar-refractivity contribution in [2.24, 2.45) is 0 Å². The first-order valence-electron chi connectivity index (χ1n) is 10.1. The Hall–Kier alpha value is -2.78. The summed E-state index contributed by atoms with van der Waals surface area (Å²) in [4.78, 5) is 17.0. The average molecular weight is 447 g/mol. The number of aryl methyl sites for hydroxylation is 2. The number of imidazole rings is 1. The van der Waals surface area contributed by atoms with Gasteiger partial charge in [-0.2, -0.15) is 0 Å². The molecule has 7 nitrogen and oxygen atoms in total. The molecule has 31 heavy (non-hydrogen) atoms. The third-order valence-corrected chi connectivity index (χ3v) is 6.91. The third kappa shape index (κ3) is 5.29. The van der Waals surface area contributed by atoms with Gasteiger partial charge in [-0.1, -0.05) is 12.1 Å². The van der Waals surface area contributed by atoms with Crippen LogP contribution >= 0.6 is 0 Å². The molecule has 1 heterocycles. The molecule has 0 saturated heterocycles. The first-order valence-corrected chi connectivity index (χ1v) is 11.6. The number of carbonyl (C=O) groups excluding carboxylic acids is 1. The van der Waals surface area contributed by atoms with Gasteiger partial charge in [-0.15, -0.1) is 0 Å². The molecule has 0 saturated carbocycles. The van der Waals surface area contributed by atoms with Gasteiger partial charge >= 0.3 is 0 Å². The summed E-state index contributed by atoms with van der Waals surface area (Å²) in [6.07, 6.45) is 1.25. The molecule has 1 amide bonds. The molecule has 0 aliphatic carbocycles. The van der Waals surface area contributed by atoms with E-state index in [2.05, 4.69) is 10.3 Å². The number of carbonyl (C=O) groups is 1. The van der Waals surface area contributed by atoms with Gasteiger partial charge in [0.2, 0.25) is 15.9 Å². The molecule has 9 heteroatoms. The Kier molecular flexibility index (Phi) is 7.07. The highest BCUT2D eigenvalue weighted by Crippen LogP contribution is 2.22. The van der Waals surface area contributed by atoms with Crippen molar-refractivity contribution in [2.75, 3.05) is 20.6 Å². The molecule has 0 bridgehead atoms. The summed E-state index contributed by atoms with van der Waals surface area (Å²) in [5.41, 5.74) is 2.25. The topological polar surface area (TPSA) is 84.3 Å². The molecule has 166 valence electrons. The van der Waals surface area contributed by atoms with Crippen molar-refractivity contribution in [1.29, 1.82) is 0 Å². The van der Waals surface area contributed by atoms with Crippen molar-refractivity contribution in [1.82, 2.24) is 19.2 Å². The van der Waals surface area contributed by atoms with Gasteiger partial charge < -0.3 is 9.88 Å².